The van der Waals surface area contributed by atoms with E-state index in [9.17, 15) is 8.42 Å². The van der Waals surface area contributed by atoms with E-state index in [-0.39, 0.29) is 11.8 Å². The minimum Gasteiger partial charge on any atom is -0.399 e. The number of nitrogens with two attached hydrogens (primary N) is 1. The van der Waals surface area contributed by atoms with Gasteiger partial charge in [-0.25, -0.2) is 13.8 Å². The van der Waals surface area contributed by atoms with Crippen molar-refractivity contribution in [3.8, 4) is 0 Å². The number of anilines is 1. The van der Waals surface area contributed by atoms with E-state index in [4.69, 9.17) is 5.73 Å². The van der Waals surface area contributed by atoms with Gasteiger partial charge in [0.05, 0.1) is 11.3 Å². The number of rotatable bonds is 3. The Balaban J connectivity index is 2.29. The highest BCUT2D eigenvalue weighted by Gasteiger charge is 2.37. The highest BCUT2D eigenvalue weighted by molar-refractivity contribution is 7.92. The van der Waals surface area contributed by atoms with Crippen LogP contribution in [0.25, 0.3) is 0 Å². The second kappa shape index (κ2) is 4.64. The zero-order valence-corrected chi connectivity index (χ0v) is 10.5. The van der Waals surface area contributed by atoms with E-state index in [0.29, 0.717) is 12.2 Å². The molecule has 0 aliphatic carbocycles. The van der Waals surface area contributed by atoms with Gasteiger partial charge in [-0.15, -0.1) is 0 Å². The van der Waals surface area contributed by atoms with Crippen LogP contribution in [0.4, 0.5) is 5.69 Å². The summed E-state index contributed by atoms with van der Waals surface area (Å²) in [7, 11) is -3.06. The van der Waals surface area contributed by atoms with Crippen LogP contribution in [0.5, 0.6) is 0 Å². The number of sulfone groups is 1. The van der Waals surface area contributed by atoms with Gasteiger partial charge in [-0.2, -0.15) is 0 Å². The normalized spacial score (nSPS) is 25.0. The fraction of sp³-hybridized carbons (Fsp3) is 0.455. The minimum absolute atomic E-state index is 0.159. The van der Waals surface area contributed by atoms with Crippen LogP contribution < -0.4 is 16.6 Å². The molecule has 2 rings (SSSR count). The lowest BCUT2D eigenvalue weighted by Crippen LogP contribution is -2.31. The maximum Gasteiger partial charge on any atom is 0.156 e. The molecular formula is C11H17N3O2S. The first-order valence-corrected chi connectivity index (χ1v) is 7.31. The van der Waals surface area contributed by atoms with E-state index >= 15 is 0 Å². The van der Waals surface area contributed by atoms with Crippen molar-refractivity contribution in [1.82, 2.24) is 10.9 Å². The predicted molar refractivity (Wildman–Crippen MR) is 68.0 cm³/mol. The van der Waals surface area contributed by atoms with Crippen molar-refractivity contribution in [2.75, 3.05) is 18.0 Å². The number of hydrogen-bond donors (Lipinski definition) is 3. The molecule has 2 atom stereocenters. The van der Waals surface area contributed by atoms with Gasteiger partial charge in [0.15, 0.2) is 9.84 Å². The van der Waals surface area contributed by atoms with Crippen molar-refractivity contribution >= 4 is 15.5 Å². The van der Waals surface area contributed by atoms with E-state index < -0.39 is 15.1 Å². The van der Waals surface area contributed by atoms with E-state index in [1.54, 1.807) is 19.1 Å². The van der Waals surface area contributed by atoms with Crippen molar-refractivity contribution in [3.63, 3.8) is 0 Å². The van der Waals surface area contributed by atoms with Gasteiger partial charge in [-0.3, -0.25) is 5.43 Å². The molecule has 4 N–H and O–H groups in total. The molecule has 0 radical (unpaired) electrons. The van der Waals surface area contributed by atoms with Gasteiger partial charge in [-0.1, -0.05) is 19.1 Å². The van der Waals surface area contributed by atoms with Crippen molar-refractivity contribution in [3.05, 3.63) is 29.8 Å². The zero-order valence-electron chi connectivity index (χ0n) is 9.68. The predicted octanol–water partition coefficient (Wildman–Crippen LogP) is 0.221. The van der Waals surface area contributed by atoms with Gasteiger partial charge in [-0.05, 0) is 17.7 Å². The molecule has 1 aliphatic rings. The summed E-state index contributed by atoms with van der Waals surface area (Å²) in [6, 6.07) is 7.08. The average Bonchev–Trinajstić information content (AvgIpc) is 2.80. The molecule has 1 fully saturated rings. The Morgan fingerprint density at radius 3 is 2.59 bits per heavy atom. The third kappa shape index (κ3) is 2.43. The third-order valence-electron chi connectivity index (χ3n) is 3.09. The lowest BCUT2D eigenvalue weighted by molar-refractivity contribution is 0.554. The van der Waals surface area contributed by atoms with Crippen LogP contribution in [0.15, 0.2) is 24.3 Å². The first-order chi connectivity index (χ1) is 8.04. The van der Waals surface area contributed by atoms with Gasteiger partial charge >= 0.3 is 0 Å². The Kier molecular flexibility index (Phi) is 3.37. The highest BCUT2D eigenvalue weighted by Crippen LogP contribution is 2.25. The Bertz CT molecular complexity index is 484. The van der Waals surface area contributed by atoms with E-state index in [0.717, 1.165) is 5.56 Å². The average molecular weight is 255 g/mol. The van der Waals surface area contributed by atoms with Crippen LogP contribution in [0.1, 0.15) is 18.5 Å². The molecule has 2 unspecified atom stereocenters. The molecule has 1 heterocycles. The number of nitrogens with one attached hydrogen (secondary N) is 2. The monoisotopic (exact) mass is 255 g/mol. The molecule has 17 heavy (non-hydrogen) atoms. The summed E-state index contributed by atoms with van der Waals surface area (Å²) < 4.78 is 23.9. The first kappa shape index (κ1) is 12.3. The SMILES string of the molecule is CCS(=O)(=O)C1CNNC1c1ccc(N)cc1. The van der Waals surface area contributed by atoms with Crippen LogP contribution >= 0.6 is 0 Å². The van der Waals surface area contributed by atoms with Gasteiger partial charge in [0.25, 0.3) is 0 Å². The van der Waals surface area contributed by atoms with Crippen LogP contribution in [0.2, 0.25) is 0 Å². The molecule has 0 spiro atoms. The fourth-order valence-corrected chi connectivity index (χ4v) is 3.44. The molecule has 1 aromatic carbocycles. The van der Waals surface area contributed by atoms with Gasteiger partial charge < -0.3 is 5.73 Å². The van der Waals surface area contributed by atoms with Crippen LogP contribution in [-0.2, 0) is 9.84 Å². The number of hydrogen-bond acceptors (Lipinski definition) is 5. The van der Waals surface area contributed by atoms with Gasteiger partial charge in [0, 0.05) is 18.0 Å². The largest absolute Gasteiger partial charge is 0.399 e. The molecule has 6 heteroatoms. The van der Waals surface area contributed by atoms with E-state index in [1.165, 1.54) is 0 Å². The van der Waals surface area contributed by atoms with Gasteiger partial charge in [0.2, 0.25) is 0 Å². The van der Waals surface area contributed by atoms with Crippen LogP contribution in [0, 0.1) is 0 Å². The first-order valence-electron chi connectivity index (χ1n) is 5.60. The summed E-state index contributed by atoms with van der Waals surface area (Å²) in [5.41, 5.74) is 13.2. The molecule has 94 valence electrons. The fourth-order valence-electron chi connectivity index (χ4n) is 2.03. The lowest BCUT2D eigenvalue weighted by atomic mass is 10.1. The van der Waals surface area contributed by atoms with E-state index in [1.807, 2.05) is 12.1 Å². The lowest BCUT2D eigenvalue weighted by Gasteiger charge is -2.18. The molecular weight excluding hydrogens is 238 g/mol. The molecule has 1 aliphatic heterocycles. The second-order valence-electron chi connectivity index (χ2n) is 4.16. The summed E-state index contributed by atoms with van der Waals surface area (Å²) in [6.45, 7) is 2.11. The standard InChI is InChI=1S/C11H17N3O2S/c1-2-17(15,16)10-7-13-14-11(10)8-3-5-9(12)6-4-8/h3-6,10-11,13-14H,2,7,12H2,1H3. The summed E-state index contributed by atoms with van der Waals surface area (Å²) in [5.74, 6) is 0.159. The molecule has 5 nitrogen and oxygen atoms in total. The van der Waals surface area contributed by atoms with Crippen molar-refractivity contribution < 1.29 is 8.42 Å². The number of nitrogen functional groups attached to an aromatic ring is 1. The smallest absolute Gasteiger partial charge is 0.156 e. The summed E-state index contributed by atoms with van der Waals surface area (Å²) in [5, 5.41) is -0.420. The van der Waals surface area contributed by atoms with Gasteiger partial charge in [0.1, 0.15) is 0 Å². The number of benzene rings is 1. The summed E-state index contributed by atoms with van der Waals surface area (Å²) in [6.07, 6.45) is 0. The molecule has 0 saturated carbocycles. The topological polar surface area (TPSA) is 84.2 Å². The van der Waals surface area contributed by atoms with Crippen molar-refractivity contribution in [2.45, 2.75) is 18.2 Å². The molecule has 0 amide bonds. The summed E-state index contributed by atoms with van der Waals surface area (Å²) >= 11 is 0. The Morgan fingerprint density at radius 2 is 2.00 bits per heavy atom. The Labute approximate surface area is 101 Å². The van der Waals surface area contributed by atoms with Crippen LogP contribution in [0.3, 0.4) is 0 Å². The van der Waals surface area contributed by atoms with E-state index in [2.05, 4.69) is 10.9 Å². The van der Waals surface area contributed by atoms with Crippen LogP contribution in [-0.4, -0.2) is 26.0 Å². The molecule has 0 aromatic heterocycles. The second-order valence-corrected chi connectivity index (χ2v) is 6.67. The Hall–Kier alpha value is -1.11. The summed E-state index contributed by atoms with van der Waals surface area (Å²) in [4.78, 5) is 0. The number of hydrazine groups is 1. The molecule has 1 aromatic rings. The maximum absolute atomic E-state index is 11.9. The highest BCUT2D eigenvalue weighted by atomic mass is 32.2. The van der Waals surface area contributed by atoms with Crippen molar-refractivity contribution in [2.24, 2.45) is 0 Å². The van der Waals surface area contributed by atoms with Crippen molar-refractivity contribution in [1.29, 1.82) is 0 Å². The molecule has 1 saturated heterocycles. The minimum atomic E-state index is -3.06. The Morgan fingerprint density at radius 1 is 1.35 bits per heavy atom. The molecule has 0 bridgehead atoms. The third-order valence-corrected chi connectivity index (χ3v) is 5.26. The zero-order chi connectivity index (χ0) is 12.5. The maximum atomic E-state index is 11.9. The quantitative estimate of drug-likeness (QED) is 0.673.